The largest absolute Gasteiger partial charge is 0.494 e. The normalized spacial score (nSPS) is 19.2. The number of carbonyl (C=O) groups excluding carboxylic acids is 1. The monoisotopic (exact) mass is 507 g/mol. The molecule has 2 aliphatic rings. The Morgan fingerprint density at radius 2 is 1.59 bits per heavy atom. The van der Waals surface area contributed by atoms with E-state index < -0.39 is 23.9 Å². The summed E-state index contributed by atoms with van der Waals surface area (Å²) in [6.07, 6.45) is 3.97. The average Bonchev–Trinajstić information content (AvgIpc) is 3.41. The summed E-state index contributed by atoms with van der Waals surface area (Å²) >= 11 is 0. The SMILES string of the molecule is CC(C)(C)OC(=O)N(Cc1cc(OCc2ccccc2)cc(B2OC(C)(C)C(C)(C)O2)c1)C1CCCC1. The predicted octanol–water partition coefficient (Wildman–Crippen LogP) is 6.24. The van der Waals surface area contributed by atoms with Gasteiger partial charge in [0, 0.05) is 12.6 Å². The molecule has 1 saturated heterocycles. The zero-order chi connectivity index (χ0) is 26.8. The average molecular weight is 507 g/mol. The van der Waals surface area contributed by atoms with E-state index in [0.717, 1.165) is 48.0 Å². The highest BCUT2D eigenvalue weighted by Crippen LogP contribution is 2.37. The summed E-state index contributed by atoms with van der Waals surface area (Å²) in [5, 5.41) is 0. The number of amides is 1. The molecule has 7 heteroatoms. The molecule has 200 valence electrons. The van der Waals surface area contributed by atoms with Gasteiger partial charge in [-0.15, -0.1) is 0 Å². The minimum absolute atomic E-state index is 0.170. The van der Waals surface area contributed by atoms with Crippen LogP contribution in [0.5, 0.6) is 5.75 Å². The van der Waals surface area contributed by atoms with Gasteiger partial charge in [0.05, 0.1) is 11.2 Å². The molecule has 2 fully saturated rings. The van der Waals surface area contributed by atoms with Crippen LogP contribution in [-0.4, -0.2) is 41.0 Å². The van der Waals surface area contributed by atoms with Crippen LogP contribution in [0, 0.1) is 0 Å². The quantitative estimate of drug-likeness (QED) is 0.415. The molecule has 4 rings (SSSR count). The Labute approximate surface area is 222 Å². The van der Waals surface area contributed by atoms with Crippen LogP contribution in [0.4, 0.5) is 4.79 Å². The molecule has 37 heavy (non-hydrogen) atoms. The predicted molar refractivity (Wildman–Crippen MR) is 147 cm³/mol. The van der Waals surface area contributed by atoms with Gasteiger partial charge in [-0.05, 0) is 90.0 Å². The van der Waals surface area contributed by atoms with Gasteiger partial charge >= 0.3 is 13.2 Å². The van der Waals surface area contributed by atoms with Crippen LogP contribution in [0.1, 0.15) is 85.3 Å². The van der Waals surface area contributed by atoms with Crippen LogP contribution in [-0.2, 0) is 27.2 Å². The highest BCUT2D eigenvalue weighted by atomic mass is 16.7. The van der Waals surface area contributed by atoms with Crippen molar-refractivity contribution in [2.45, 2.75) is 110 Å². The lowest BCUT2D eigenvalue weighted by molar-refractivity contribution is 0.00578. The van der Waals surface area contributed by atoms with Gasteiger partial charge in [0.15, 0.2) is 0 Å². The highest BCUT2D eigenvalue weighted by molar-refractivity contribution is 6.62. The fourth-order valence-electron chi connectivity index (χ4n) is 4.79. The Bertz CT molecular complexity index is 1060. The van der Waals surface area contributed by atoms with E-state index in [2.05, 4.69) is 6.07 Å². The topological polar surface area (TPSA) is 57.2 Å². The number of carbonyl (C=O) groups is 1. The fraction of sp³-hybridized carbons (Fsp3) is 0.567. The second kappa shape index (κ2) is 10.7. The number of nitrogens with zero attached hydrogens (tertiary/aromatic N) is 1. The van der Waals surface area contributed by atoms with Crippen LogP contribution in [0.25, 0.3) is 0 Å². The maximum absolute atomic E-state index is 13.3. The van der Waals surface area contributed by atoms with Crippen molar-refractivity contribution < 1.29 is 23.6 Å². The lowest BCUT2D eigenvalue weighted by atomic mass is 9.78. The Balaban J connectivity index is 1.64. The van der Waals surface area contributed by atoms with E-state index in [9.17, 15) is 4.79 Å². The summed E-state index contributed by atoms with van der Waals surface area (Å²) in [5.74, 6) is 0.724. The van der Waals surface area contributed by atoms with Crippen molar-refractivity contribution in [2.75, 3.05) is 0 Å². The number of benzene rings is 2. The molecule has 0 atom stereocenters. The maximum Gasteiger partial charge on any atom is 0.494 e. The van der Waals surface area contributed by atoms with Crippen LogP contribution in [0.15, 0.2) is 48.5 Å². The van der Waals surface area contributed by atoms with Gasteiger partial charge in [-0.25, -0.2) is 4.79 Å². The second-order valence-electron chi connectivity index (χ2n) is 12.3. The van der Waals surface area contributed by atoms with Crippen LogP contribution in [0.3, 0.4) is 0 Å². The number of hydrogen-bond donors (Lipinski definition) is 0. The molecule has 1 aliphatic carbocycles. The van der Waals surface area contributed by atoms with Crippen molar-refractivity contribution in [3.05, 3.63) is 59.7 Å². The molecule has 1 aliphatic heterocycles. The lowest BCUT2D eigenvalue weighted by Gasteiger charge is -2.32. The van der Waals surface area contributed by atoms with Gasteiger partial charge in [0.25, 0.3) is 0 Å². The van der Waals surface area contributed by atoms with Gasteiger partial charge in [-0.2, -0.15) is 0 Å². The molecule has 0 aromatic heterocycles. The van der Waals surface area contributed by atoms with Gasteiger partial charge in [0.1, 0.15) is 18.0 Å². The highest BCUT2D eigenvalue weighted by Gasteiger charge is 2.51. The molecule has 1 amide bonds. The summed E-state index contributed by atoms with van der Waals surface area (Å²) in [7, 11) is -0.523. The molecule has 0 unspecified atom stereocenters. The van der Waals surface area contributed by atoms with E-state index >= 15 is 0 Å². The number of rotatable bonds is 7. The summed E-state index contributed by atoms with van der Waals surface area (Å²) < 4.78 is 24.8. The molecule has 0 spiro atoms. The van der Waals surface area contributed by atoms with Crippen LogP contribution >= 0.6 is 0 Å². The summed E-state index contributed by atoms with van der Waals surface area (Å²) in [6, 6.07) is 16.3. The van der Waals surface area contributed by atoms with Crippen molar-refractivity contribution in [1.82, 2.24) is 4.90 Å². The van der Waals surface area contributed by atoms with Crippen LogP contribution < -0.4 is 10.2 Å². The van der Waals surface area contributed by atoms with E-state index in [4.69, 9.17) is 18.8 Å². The summed E-state index contributed by atoms with van der Waals surface area (Å²) in [6.45, 7) is 14.8. The van der Waals surface area contributed by atoms with Crippen molar-refractivity contribution in [2.24, 2.45) is 0 Å². The van der Waals surface area contributed by atoms with Gasteiger partial charge in [0.2, 0.25) is 0 Å². The van der Waals surface area contributed by atoms with Gasteiger partial charge in [-0.3, -0.25) is 0 Å². The summed E-state index contributed by atoms with van der Waals surface area (Å²) in [5.41, 5.74) is 1.48. The zero-order valence-electron chi connectivity index (χ0n) is 23.5. The van der Waals surface area contributed by atoms with Gasteiger partial charge < -0.3 is 23.7 Å². The van der Waals surface area contributed by atoms with Crippen molar-refractivity contribution in [3.8, 4) is 5.75 Å². The molecule has 0 bridgehead atoms. The van der Waals surface area contributed by atoms with Crippen LogP contribution in [0.2, 0.25) is 0 Å². The fourth-order valence-corrected chi connectivity index (χ4v) is 4.79. The Morgan fingerprint density at radius 3 is 2.19 bits per heavy atom. The van der Waals surface area contributed by atoms with Crippen molar-refractivity contribution >= 4 is 18.7 Å². The maximum atomic E-state index is 13.3. The molecule has 6 nitrogen and oxygen atoms in total. The molecule has 2 aromatic carbocycles. The third-order valence-electron chi connectivity index (χ3n) is 7.51. The smallest absolute Gasteiger partial charge is 0.489 e. The lowest BCUT2D eigenvalue weighted by Crippen LogP contribution is -2.42. The van der Waals surface area contributed by atoms with E-state index in [1.165, 1.54) is 0 Å². The number of ether oxygens (including phenoxy) is 2. The van der Waals surface area contributed by atoms with E-state index in [1.807, 2.05) is 95.8 Å². The second-order valence-corrected chi connectivity index (χ2v) is 12.3. The molecule has 0 N–H and O–H groups in total. The first kappa shape index (κ1) is 27.5. The summed E-state index contributed by atoms with van der Waals surface area (Å²) in [4.78, 5) is 15.2. The molecular weight excluding hydrogens is 465 g/mol. The first-order chi connectivity index (χ1) is 17.3. The third-order valence-corrected chi connectivity index (χ3v) is 7.51. The molecule has 2 aromatic rings. The first-order valence-electron chi connectivity index (χ1n) is 13.5. The molecule has 1 heterocycles. The van der Waals surface area contributed by atoms with E-state index in [0.29, 0.717) is 13.2 Å². The van der Waals surface area contributed by atoms with Gasteiger partial charge in [-0.1, -0.05) is 49.2 Å². The first-order valence-corrected chi connectivity index (χ1v) is 13.5. The zero-order valence-corrected chi connectivity index (χ0v) is 23.5. The molecule has 1 saturated carbocycles. The molecule has 0 radical (unpaired) electrons. The number of hydrogen-bond acceptors (Lipinski definition) is 5. The van der Waals surface area contributed by atoms with Crippen molar-refractivity contribution in [1.29, 1.82) is 0 Å². The Morgan fingerprint density at radius 1 is 0.973 bits per heavy atom. The van der Waals surface area contributed by atoms with Crippen molar-refractivity contribution in [3.63, 3.8) is 0 Å². The minimum atomic E-state index is -0.553. The Hall–Kier alpha value is -2.51. The van der Waals surface area contributed by atoms with E-state index in [-0.39, 0.29) is 12.1 Å². The van der Waals surface area contributed by atoms with E-state index in [1.54, 1.807) is 0 Å². The standard InChI is InChI=1S/C30H42BNO5/c1-28(2,3)35-27(33)32(25-15-11-12-16-25)20-23-17-24(31-36-29(4,5)30(6,7)37-31)19-26(18-23)34-21-22-13-9-8-10-14-22/h8-10,13-14,17-19,25H,11-12,15-16,20-21H2,1-7H3. The Kier molecular flexibility index (Phi) is 7.96. The third kappa shape index (κ3) is 6.88. The minimum Gasteiger partial charge on any atom is -0.489 e. The molecular formula is C30H42BNO5.